The van der Waals surface area contributed by atoms with Gasteiger partial charge in [-0.3, -0.25) is 20.4 Å². The zero-order valence-corrected chi connectivity index (χ0v) is 21.1. The number of allylic oxidation sites excluding steroid dienone is 1. The van der Waals surface area contributed by atoms with Crippen molar-refractivity contribution in [2.75, 3.05) is 34.3 Å². The van der Waals surface area contributed by atoms with E-state index < -0.39 is 5.82 Å². The van der Waals surface area contributed by atoms with Gasteiger partial charge >= 0.3 is 0 Å². The first-order chi connectivity index (χ1) is 16.0. The molecule has 0 aliphatic heterocycles. The van der Waals surface area contributed by atoms with Crippen LogP contribution in [0.25, 0.3) is 11.1 Å². The van der Waals surface area contributed by atoms with E-state index >= 15 is 0 Å². The van der Waals surface area contributed by atoms with Gasteiger partial charge in [0.15, 0.2) is 0 Å². The molecule has 2 rings (SSSR count). The normalized spacial score (nSPS) is 12.8. The van der Waals surface area contributed by atoms with Gasteiger partial charge in [-0.05, 0) is 63.2 Å². The van der Waals surface area contributed by atoms with Crippen molar-refractivity contribution in [1.29, 1.82) is 10.8 Å². The van der Waals surface area contributed by atoms with Crippen LogP contribution < -0.4 is 16.0 Å². The molecule has 1 heterocycles. The first kappa shape index (κ1) is 27.0. The molecule has 1 aromatic carbocycles. The van der Waals surface area contributed by atoms with E-state index in [1.165, 1.54) is 16.7 Å². The Morgan fingerprint density at radius 1 is 1.24 bits per heavy atom. The monoisotopic (exact) mass is 468 g/mol. The number of halogens is 1. The van der Waals surface area contributed by atoms with Gasteiger partial charge in [-0.15, -0.1) is 0 Å². The molecule has 0 bridgehead atoms. The molecule has 0 amide bonds. The van der Waals surface area contributed by atoms with Gasteiger partial charge in [-0.2, -0.15) is 0 Å². The first-order valence-electron chi connectivity index (χ1n) is 11.4. The Kier molecular flexibility index (Phi) is 9.74. The van der Waals surface area contributed by atoms with Crippen molar-refractivity contribution in [3.8, 4) is 16.9 Å². The number of hydrogen-bond acceptors (Lipinski definition) is 6. The molecule has 2 aromatic rings. The second-order valence-corrected chi connectivity index (χ2v) is 9.01. The third-order valence-electron chi connectivity index (χ3n) is 5.36. The average molecular weight is 469 g/mol. The number of ether oxygens (including phenoxy) is 1. The van der Waals surface area contributed by atoms with E-state index in [2.05, 4.69) is 18.8 Å². The van der Waals surface area contributed by atoms with Gasteiger partial charge in [-0.1, -0.05) is 13.8 Å². The summed E-state index contributed by atoms with van der Waals surface area (Å²) >= 11 is 0. The fourth-order valence-electron chi connectivity index (χ4n) is 3.65. The summed E-state index contributed by atoms with van der Waals surface area (Å²) in [5, 5.41) is 16.5. The molecule has 0 saturated heterocycles. The quantitative estimate of drug-likeness (QED) is 0.358. The predicted octanol–water partition coefficient (Wildman–Crippen LogP) is 4.28. The van der Waals surface area contributed by atoms with Crippen LogP contribution in [0, 0.1) is 22.6 Å². The van der Waals surface area contributed by atoms with Crippen LogP contribution in [0.15, 0.2) is 52.8 Å². The zero-order valence-electron chi connectivity index (χ0n) is 21.1. The lowest BCUT2D eigenvalue weighted by Gasteiger charge is -2.17. The lowest BCUT2D eigenvalue weighted by atomic mass is 9.99. The summed E-state index contributed by atoms with van der Waals surface area (Å²) in [7, 11) is 5.48. The molecule has 0 spiro atoms. The Bertz CT molecular complexity index is 1130. The third kappa shape index (κ3) is 7.38. The van der Waals surface area contributed by atoms with Crippen LogP contribution in [-0.2, 0) is 0 Å². The molecule has 34 heavy (non-hydrogen) atoms. The summed E-state index contributed by atoms with van der Waals surface area (Å²) in [4.78, 5) is 6.16. The Morgan fingerprint density at radius 3 is 2.56 bits per heavy atom. The maximum absolute atomic E-state index is 14.1. The Labute approximate surface area is 201 Å². The van der Waals surface area contributed by atoms with Crippen molar-refractivity contribution < 1.29 is 9.13 Å². The summed E-state index contributed by atoms with van der Waals surface area (Å²) in [6.45, 7) is 6.86. The van der Waals surface area contributed by atoms with Crippen molar-refractivity contribution in [2.45, 2.75) is 33.6 Å². The van der Waals surface area contributed by atoms with E-state index in [9.17, 15) is 4.39 Å². The van der Waals surface area contributed by atoms with Crippen molar-refractivity contribution in [1.82, 2.24) is 9.47 Å². The van der Waals surface area contributed by atoms with Gasteiger partial charge < -0.3 is 15.4 Å². The number of nitrogens with two attached hydrogens (primary N) is 1. The van der Waals surface area contributed by atoms with Gasteiger partial charge in [0.05, 0.1) is 13.2 Å². The highest BCUT2D eigenvalue weighted by Gasteiger charge is 2.13. The third-order valence-corrected chi connectivity index (χ3v) is 5.36. The number of aliphatic imine (C=N–C) groups is 1. The van der Waals surface area contributed by atoms with E-state index in [1.807, 2.05) is 25.9 Å². The SMILES string of the molecule is CN=C(C)C(CCOc1cc(F)ccc1-c1ccc(=N)n(C(=N)CN(C)C)c1)=C(N)CC(C)C. The number of benzene rings is 1. The molecule has 0 fully saturated rings. The number of nitrogens with zero attached hydrogens (tertiary/aromatic N) is 3. The van der Waals surface area contributed by atoms with E-state index in [0.29, 0.717) is 36.8 Å². The number of hydrogen-bond donors (Lipinski definition) is 3. The Balaban J connectivity index is 2.34. The van der Waals surface area contributed by atoms with Crippen LogP contribution in [0.3, 0.4) is 0 Å². The van der Waals surface area contributed by atoms with Crippen molar-refractivity contribution in [2.24, 2.45) is 16.6 Å². The fourth-order valence-corrected chi connectivity index (χ4v) is 3.65. The maximum atomic E-state index is 14.1. The largest absolute Gasteiger partial charge is 0.492 e. The lowest BCUT2D eigenvalue weighted by Crippen LogP contribution is -2.33. The number of rotatable bonds is 10. The molecular formula is C26H37FN6O. The van der Waals surface area contributed by atoms with E-state index in [4.69, 9.17) is 21.3 Å². The first-order valence-corrected chi connectivity index (χ1v) is 11.4. The van der Waals surface area contributed by atoms with Crippen LogP contribution in [0.5, 0.6) is 5.75 Å². The molecule has 4 N–H and O–H groups in total. The molecule has 7 nitrogen and oxygen atoms in total. The van der Waals surface area contributed by atoms with Gasteiger partial charge in [-0.25, -0.2) is 4.39 Å². The minimum absolute atomic E-state index is 0.199. The van der Waals surface area contributed by atoms with Gasteiger partial charge in [0.1, 0.15) is 22.9 Å². The molecule has 8 heteroatoms. The molecule has 184 valence electrons. The van der Waals surface area contributed by atoms with Gasteiger partial charge in [0, 0.05) is 48.3 Å². The lowest BCUT2D eigenvalue weighted by molar-refractivity contribution is 0.322. The topological polar surface area (TPSA) is 103 Å². The van der Waals surface area contributed by atoms with Gasteiger partial charge in [0.25, 0.3) is 0 Å². The summed E-state index contributed by atoms with van der Waals surface area (Å²) in [5.74, 6) is 0.696. The highest BCUT2D eigenvalue weighted by molar-refractivity contribution is 5.98. The number of pyridine rings is 1. The zero-order chi connectivity index (χ0) is 25.4. The van der Waals surface area contributed by atoms with Crippen LogP contribution in [-0.4, -0.2) is 55.3 Å². The van der Waals surface area contributed by atoms with Crippen LogP contribution in [0.1, 0.15) is 33.6 Å². The maximum Gasteiger partial charge on any atom is 0.130 e. The van der Waals surface area contributed by atoms with Gasteiger partial charge in [0.2, 0.25) is 0 Å². The fraction of sp³-hybridized carbons (Fsp3) is 0.423. The minimum atomic E-state index is -0.398. The number of nitrogens with one attached hydrogen (secondary N) is 2. The Morgan fingerprint density at radius 2 is 1.94 bits per heavy atom. The van der Waals surface area contributed by atoms with E-state index in [1.54, 1.807) is 31.4 Å². The van der Waals surface area contributed by atoms with E-state index in [0.717, 1.165) is 29.0 Å². The van der Waals surface area contributed by atoms with E-state index in [-0.39, 0.29) is 11.3 Å². The molecule has 0 radical (unpaired) electrons. The summed E-state index contributed by atoms with van der Waals surface area (Å²) in [6, 6.07) is 7.81. The van der Waals surface area contributed by atoms with Crippen molar-refractivity contribution in [3.05, 3.63) is 59.1 Å². The molecule has 0 aliphatic rings. The molecule has 1 aromatic heterocycles. The smallest absolute Gasteiger partial charge is 0.130 e. The molecule has 0 saturated carbocycles. The van der Waals surface area contributed by atoms with Crippen LogP contribution in [0.2, 0.25) is 0 Å². The molecule has 0 atom stereocenters. The standard InChI is InChI=1S/C26H37FN6O/c1-17(2)13-23(28)21(18(3)31-4)11-12-34-24-14-20(27)8-9-22(24)19-7-10-25(29)33(15-19)26(30)16-32(5)6/h7-10,14-15,17,29-30H,11-13,16,28H2,1-6H3. The highest BCUT2D eigenvalue weighted by Crippen LogP contribution is 2.31. The molecule has 0 aliphatic carbocycles. The summed E-state index contributed by atoms with van der Waals surface area (Å²) in [6.07, 6.45) is 3.04. The highest BCUT2D eigenvalue weighted by atomic mass is 19.1. The predicted molar refractivity (Wildman–Crippen MR) is 137 cm³/mol. The van der Waals surface area contributed by atoms with Crippen LogP contribution >= 0.6 is 0 Å². The Hall–Kier alpha value is -3.26. The summed E-state index contributed by atoms with van der Waals surface area (Å²) < 4.78 is 21.7. The molecular weight excluding hydrogens is 431 g/mol. The van der Waals surface area contributed by atoms with Crippen molar-refractivity contribution >= 4 is 11.5 Å². The second kappa shape index (κ2) is 12.3. The summed E-state index contributed by atoms with van der Waals surface area (Å²) in [5.41, 5.74) is 10.6. The number of likely N-dealkylation sites (N-methyl/N-ethyl adjacent to an activating group) is 1. The molecule has 0 unspecified atom stereocenters. The number of aromatic nitrogens is 1. The van der Waals surface area contributed by atoms with Crippen molar-refractivity contribution in [3.63, 3.8) is 0 Å². The second-order valence-electron chi connectivity index (χ2n) is 9.01. The van der Waals surface area contributed by atoms with Crippen LogP contribution in [0.4, 0.5) is 4.39 Å². The minimum Gasteiger partial charge on any atom is -0.492 e. The average Bonchev–Trinajstić information content (AvgIpc) is 2.75.